The predicted octanol–water partition coefficient (Wildman–Crippen LogP) is 9.43. The average Bonchev–Trinajstić information content (AvgIpc) is 2.83. The van der Waals surface area contributed by atoms with Crippen LogP contribution in [0.3, 0.4) is 0 Å². The molecule has 0 amide bonds. The molecule has 0 aliphatic carbocycles. The van der Waals surface area contributed by atoms with E-state index in [-0.39, 0.29) is 22.4 Å². The molecule has 2 N–H and O–H groups in total. The molecule has 1 aromatic heterocycles. The Morgan fingerprint density at radius 2 is 1.10 bits per heavy atom. The third-order valence-electron chi connectivity index (χ3n) is 8.24. The van der Waals surface area contributed by atoms with Gasteiger partial charge in [0.2, 0.25) is 11.2 Å². The molecule has 226 valence electrons. The summed E-state index contributed by atoms with van der Waals surface area (Å²) in [4.78, 5) is 15.6. The number of unbranched alkanes of at least 4 members (excludes halogenated alkanes) is 17. The molecule has 1 aromatic rings. The molecular formula is C32H60ClN5O. The van der Waals surface area contributed by atoms with Crippen LogP contribution in [0.2, 0.25) is 5.28 Å². The van der Waals surface area contributed by atoms with Gasteiger partial charge in [0.25, 0.3) is 0 Å². The van der Waals surface area contributed by atoms with E-state index < -0.39 is 0 Å². The zero-order chi connectivity index (χ0) is 28.6. The third-order valence-corrected chi connectivity index (χ3v) is 8.41. The summed E-state index contributed by atoms with van der Waals surface area (Å²) in [5.41, 5.74) is 5.97. The number of rotatable bonds is 21. The third kappa shape index (κ3) is 13.4. The standard InChI is InChI=1S/C32H60ClN5O/c1-6-7-8-9-10-11-12-13-14-15-16-17-18-19-20-21-22-23-24-39-30-36-28(33)35-29(37-30)38-31(2,3)25-27(34)26-32(38,4)5/h27H,6-26,34H2,1-5H3. The van der Waals surface area contributed by atoms with Gasteiger partial charge in [-0.15, -0.1) is 0 Å². The number of anilines is 1. The Kier molecular flexibility index (Phi) is 16.0. The zero-order valence-electron chi connectivity index (χ0n) is 26.1. The maximum atomic E-state index is 6.34. The highest BCUT2D eigenvalue weighted by molar-refractivity contribution is 6.28. The minimum atomic E-state index is -0.184. The van der Waals surface area contributed by atoms with Crippen LogP contribution < -0.4 is 15.4 Å². The average molecular weight is 566 g/mol. The molecule has 39 heavy (non-hydrogen) atoms. The molecule has 0 atom stereocenters. The quantitative estimate of drug-likeness (QED) is 0.149. The second-order valence-electron chi connectivity index (χ2n) is 13.2. The monoisotopic (exact) mass is 565 g/mol. The summed E-state index contributed by atoms with van der Waals surface area (Å²) in [7, 11) is 0. The highest BCUT2D eigenvalue weighted by Crippen LogP contribution is 2.40. The van der Waals surface area contributed by atoms with Crippen molar-refractivity contribution in [1.29, 1.82) is 0 Å². The Balaban J connectivity index is 1.52. The van der Waals surface area contributed by atoms with Crippen LogP contribution in [0.25, 0.3) is 0 Å². The smallest absolute Gasteiger partial charge is 0.322 e. The lowest BCUT2D eigenvalue weighted by Crippen LogP contribution is -2.64. The number of aromatic nitrogens is 3. The summed E-state index contributed by atoms with van der Waals surface area (Å²) < 4.78 is 5.91. The molecule has 1 aliphatic rings. The second kappa shape index (κ2) is 18.3. The van der Waals surface area contributed by atoms with Crippen molar-refractivity contribution in [2.75, 3.05) is 11.5 Å². The van der Waals surface area contributed by atoms with Gasteiger partial charge in [0.15, 0.2) is 0 Å². The van der Waals surface area contributed by atoms with Crippen molar-refractivity contribution in [3.63, 3.8) is 0 Å². The first kappa shape index (κ1) is 34.1. The lowest BCUT2D eigenvalue weighted by Gasteiger charge is -2.54. The first-order valence-electron chi connectivity index (χ1n) is 16.3. The van der Waals surface area contributed by atoms with Gasteiger partial charge in [0, 0.05) is 17.1 Å². The molecule has 0 bridgehead atoms. The molecular weight excluding hydrogens is 506 g/mol. The number of hydrogen-bond donors (Lipinski definition) is 1. The van der Waals surface area contributed by atoms with Crippen molar-refractivity contribution in [2.24, 2.45) is 5.73 Å². The van der Waals surface area contributed by atoms with E-state index in [0.29, 0.717) is 18.6 Å². The number of nitrogens with two attached hydrogens (primary N) is 1. The Labute approximate surface area is 245 Å². The van der Waals surface area contributed by atoms with Gasteiger partial charge in [-0.05, 0) is 58.6 Å². The number of halogens is 1. The first-order valence-corrected chi connectivity index (χ1v) is 16.6. The molecule has 1 fully saturated rings. The van der Waals surface area contributed by atoms with E-state index in [0.717, 1.165) is 19.3 Å². The highest BCUT2D eigenvalue weighted by atomic mass is 35.5. The Hall–Kier alpha value is -1.14. The summed E-state index contributed by atoms with van der Waals surface area (Å²) in [5, 5.41) is 0.175. The lowest BCUT2D eigenvalue weighted by atomic mass is 9.77. The molecule has 0 spiro atoms. The predicted molar refractivity (Wildman–Crippen MR) is 167 cm³/mol. The second-order valence-corrected chi connectivity index (χ2v) is 13.5. The normalized spacial score (nSPS) is 17.1. The van der Waals surface area contributed by atoms with Crippen molar-refractivity contribution in [3.05, 3.63) is 5.28 Å². The van der Waals surface area contributed by atoms with Gasteiger partial charge in [0.05, 0.1) is 6.61 Å². The van der Waals surface area contributed by atoms with Crippen molar-refractivity contribution < 1.29 is 4.74 Å². The van der Waals surface area contributed by atoms with E-state index in [9.17, 15) is 0 Å². The Morgan fingerprint density at radius 1 is 0.692 bits per heavy atom. The van der Waals surface area contributed by atoms with Gasteiger partial charge in [-0.1, -0.05) is 116 Å². The van der Waals surface area contributed by atoms with E-state index in [1.807, 2.05) is 0 Å². The van der Waals surface area contributed by atoms with Crippen LogP contribution in [0.1, 0.15) is 163 Å². The highest BCUT2D eigenvalue weighted by Gasteiger charge is 2.46. The van der Waals surface area contributed by atoms with Crippen LogP contribution >= 0.6 is 11.6 Å². The maximum Gasteiger partial charge on any atom is 0.322 e. The fourth-order valence-corrected chi connectivity index (χ4v) is 6.70. The molecule has 0 radical (unpaired) electrons. The zero-order valence-corrected chi connectivity index (χ0v) is 26.8. The number of ether oxygens (including phenoxy) is 1. The van der Waals surface area contributed by atoms with E-state index in [2.05, 4.69) is 54.5 Å². The molecule has 7 heteroatoms. The van der Waals surface area contributed by atoms with Gasteiger partial charge in [-0.25, -0.2) is 0 Å². The SMILES string of the molecule is CCCCCCCCCCCCCCCCCCCCOc1nc(Cl)nc(N2C(C)(C)CC(N)CC2(C)C)n1. The van der Waals surface area contributed by atoms with Crippen molar-refractivity contribution in [2.45, 2.75) is 180 Å². The van der Waals surface area contributed by atoms with Crippen molar-refractivity contribution in [1.82, 2.24) is 15.0 Å². The van der Waals surface area contributed by atoms with Gasteiger partial charge < -0.3 is 15.4 Å². The van der Waals surface area contributed by atoms with Crippen LogP contribution in [0.5, 0.6) is 6.01 Å². The summed E-state index contributed by atoms with van der Waals surface area (Å²) >= 11 is 6.28. The minimum absolute atomic E-state index is 0.156. The van der Waals surface area contributed by atoms with E-state index in [1.165, 1.54) is 109 Å². The Morgan fingerprint density at radius 3 is 1.54 bits per heavy atom. The molecule has 1 aliphatic heterocycles. The van der Waals surface area contributed by atoms with Crippen LogP contribution in [-0.4, -0.2) is 38.7 Å². The Bertz CT molecular complexity index is 770. The van der Waals surface area contributed by atoms with Gasteiger partial charge in [-0.3, -0.25) is 0 Å². The topological polar surface area (TPSA) is 77.2 Å². The molecule has 1 saturated heterocycles. The van der Waals surface area contributed by atoms with Crippen molar-refractivity contribution in [3.8, 4) is 6.01 Å². The maximum absolute atomic E-state index is 6.34. The van der Waals surface area contributed by atoms with Crippen LogP contribution in [0.4, 0.5) is 5.95 Å². The van der Waals surface area contributed by atoms with Crippen molar-refractivity contribution >= 4 is 17.5 Å². The number of piperidine rings is 1. The molecule has 0 unspecified atom stereocenters. The summed E-state index contributed by atoms with van der Waals surface area (Å²) in [6.45, 7) is 11.6. The van der Waals surface area contributed by atoms with E-state index >= 15 is 0 Å². The molecule has 0 saturated carbocycles. The fraction of sp³-hybridized carbons (Fsp3) is 0.906. The molecule has 2 heterocycles. The minimum Gasteiger partial charge on any atom is -0.463 e. The summed E-state index contributed by atoms with van der Waals surface area (Å²) in [5.74, 6) is 0.574. The molecule has 2 rings (SSSR count). The summed E-state index contributed by atoms with van der Waals surface area (Å²) in [6, 6.07) is 0.474. The van der Waals surface area contributed by atoms with Gasteiger partial charge in [-0.2, -0.15) is 15.0 Å². The van der Waals surface area contributed by atoms with Crippen LogP contribution in [-0.2, 0) is 0 Å². The van der Waals surface area contributed by atoms with E-state index in [1.54, 1.807) is 0 Å². The first-order chi connectivity index (χ1) is 18.7. The largest absolute Gasteiger partial charge is 0.463 e. The van der Waals surface area contributed by atoms with Crippen LogP contribution in [0, 0.1) is 0 Å². The van der Waals surface area contributed by atoms with Crippen LogP contribution in [0.15, 0.2) is 0 Å². The lowest BCUT2D eigenvalue weighted by molar-refractivity contribution is 0.214. The summed E-state index contributed by atoms with van der Waals surface area (Å²) in [6.07, 6.45) is 26.4. The number of hydrogen-bond acceptors (Lipinski definition) is 6. The molecule has 6 nitrogen and oxygen atoms in total. The number of nitrogens with zero attached hydrogens (tertiary/aromatic N) is 4. The molecule has 0 aromatic carbocycles. The van der Waals surface area contributed by atoms with E-state index in [4.69, 9.17) is 22.1 Å². The fourth-order valence-electron chi connectivity index (χ4n) is 6.55. The van der Waals surface area contributed by atoms with Gasteiger partial charge >= 0.3 is 6.01 Å². The van der Waals surface area contributed by atoms with Gasteiger partial charge in [0.1, 0.15) is 0 Å².